The number of ether oxygens (including phenoxy) is 1. The van der Waals surface area contributed by atoms with Crippen LogP contribution < -0.4 is 10.1 Å². The normalized spacial score (nSPS) is 11.0. The molecule has 6 nitrogen and oxygen atoms in total. The molecular weight excluding hydrogens is 400 g/mol. The van der Waals surface area contributed by atoms with Crippen molar-refractivity contribution in [1.82, 2.24) is 20.1 Å². The van der Waals surface area contributed by atoms with E-state index in [4.69, 9.17) is 9.72 Å². The molecule has 2 aromatic carbocycles. The molecule has 164 valence electrons. The van der Waals surface area contributed by atoms with Gasteiger partial charge in [0, 0.05) is 17.5 Å². The Morgan fingerprint density at radius 2 is 1.88 bits per heavy atom. The summed E-state index contributed by atoms with van der Waals surface area (Å²) in [5.74, 6) is 0.724. The molecule has 0 bridgehead atoms. The number of benzene rings is 2. The fourth-order valence-corrected chi connectivity index (χ4v) is 3.78. The van der Waals surface area contributed by atoms with Gasteiger partial charge < -0.3 is 10.1 Å². The Kier molecular flexibility index (Phi) is 6.21. The lowest BCUT2D eigenvalue weighted by Gasteiger charge is -2.11. The Morgan fingerprint density at radius 1 is 1.09 bits per heavy atom. The highest BCUT2D eigenvalue weighted by Gasteiger charge is 2.17. The Hall–Kier alpha value is -3.67. The maximum Gasteiger partial charge on any atom is 0.252 e. The van der Waals surface area contributed by atoms with Crippen molar-refractivity contribution in [2.24, 2.45) is 0 Å². The van der Waals surface area contributed by atoms with Crippen LogP contribution >= 0.6 is 0 Å². The maximum atomic E-state index is 13.0. The second-order valence-electron chi connectivity index (χ2n) is 7.94. The second kappa shape index (κ2) is 9.22. The van der Waals surface area contributed by atoms with Gasteiger partial charge in [-0.3, -0.25) is 4.79 Å². The maximum absolute atomic E-state index is 13.0. The number of hydrogen-bond donors (Lipinski definition) is 1. The van der Waals surface area contributed by atoms with Gasteiger partial charge in [-0.2, -0.15) is 5.10 Å². The first-order chi connectivity index (χ1) is 15.5. The molecule has 0 aliphatic rings. The molecule has 0 spiro atoms. The molecule has 0 fully saturated rings. The minimum absolute atomic E-state index is 0.0714. The van der Waals surface area contributed by atoms with Crippen LogP contribution in [0.25, 0.3) is 27.8 Å². The third kappa shape index (κ3) is 4.21. The minimum atomic E-state index is -0.0714. The summed E-state index contributed by atoms with van der Waals surface area (Å²) in [5, 5.41) is 8.49. The molecule has 1 amide bonds. The summed E-state index contributed by atoms with van der Waals surface area (Å²) in [6, 6.07) is 15.6. The molecule has 0 saturated heterocycles. The van der Waals surface area contributed by atoms with E-state index in [2.05, 4.69) is 17.3 Å². The molecule has 2 heterocycles. The number of hydrogen-bond acceptors (Lipinski definition) is 4. The van der Waals surface area contributed by atoms with Crippen LogP contribution in [0.2, 0.25) is 0 Å². The van der Waals surface area contributed by atoms with Crippen LogP contribution in [0, 0.1) is 13.8 Å². The number of fused-ring (bicyclic) bond motifs is 1. The number of nitrogens with zero attached hydrogens (tertiary/aromatic N) is 3. The zero-order chi connectivity index (χ0) is 22.7. The molecule has 0 aliphatic heterocycles. The zero-order valence-electron chi connectivity index (χ0n) is 19.0. The number of rotatable bonds is 7. The highest BCUT2D eigenvalue weighted by Crippen LogP contribution is 2.29. The molecule has 2 aromatic heterocycles. The first-order valence-corrected chi connectivity index (χ1v) is 10.9. The summed E-state index contributed by atoms with van der Waals surface area (Å²) in [6.07, 6.45) is 3.79. The summed E-state index contributed by atoms with van der Waals surface area (Å²) in [7, 11) is 1.65. The summed E-state index contributed by atoms with van der Waals surface area (Å²) >= 11 is 0. The van der Waals surface area contributed by atoms with Crippen LogP contribution in [0.3, 0.4) is 0 Å². The van der Waals surface area contributed by atoms with Crippen LogP contribution in [0.1, 0.15) is 41.4 Å². The Bertz CT molecular complexity index is 1260. The number of unbranched alkanes of at least 4 members (excludes halogenated alkanes) is 1. The Labute approximate surface area is 188 Å². The number of nitrogens with one attached hydrogen (secondary N) is 1. The first kappa shape index (κ1) is 21.6. The summed E-state index contributed by atoms with van der Waals surface area (Å²) < 4.78 is 7.12. The van der Waals surface area contributed by atoms with Crippen molar-refractivity contribution in [2.45, 2.75) is 33.6 Å². The van der Waals surface area contributed by atoms with Gasteiger partial charge in [0.05, 0.1) is 41.5 Å². The van der Waals surface area contributed by atoms with Gasteiger partial charge in [0.25, 0.3) is 5.91 Å². The van der Waals surface area contributed by atoms with E-state index < -0.39 is 0 Å². The fourth-order valence-electron chi connectivity index (χ4n) is 3.78. The van der Waals surface area contributed by atoms with E-state index in [9.17, 15) is 4.79 Å². The lowest BCUT2D eigenvalue weighted by atomic mass is 10.0. The van der Waals surface area contributed by atoms with Gasteiger partial charge in [0.1, 0.15) is 5.75 Å². The summed E-state index contributed by atoms with van der Waals surface area (Å²) in [6.45, 7) is 6.80. The van der Waals surface area contributed by atoms with Gasteiger partial charge in [-0.25, -0.2) is 9.67 Å². The minimum Gasteiger partial charge on any atom is -0.497 e. The van der Waals surface area contributed by atoms with E-state index in [0.29, 0.717) is 12.1 Å². The number of methoxy groups -OCH3 is 1. The number of aryl methyl sites for hydroxylation is 1. The molecule has 4 aromatic rings. The predicted molar refractivity (Wildman–Crippen MR) is 128 cm³/mol. The van der Waals surface area contributed by atoms with Crippen LogP contribution in [-0.2, 0) is 0 Å². The molecule has 0 radical (unpaired) electrons. The van der Waals surface area contributed by atoms with Gasteiger partial charge in [-0.05, 0) is 62.7 Å². The van der Waals surface area contributed by atoms with Crippen molar-refractivity contribution in [3.63, 3.8) is 0 Å². The Balaban J connectivity index is 1.78. The SMILES string of the molecule is CCCCNC(=O)c1cc(-c2cnn(-c3ccc(OC)cc3)c2C)nc2ccc(C)cc12. The van der Waals surface area contributed by atoms with Crippen LogP contribution in [-0.4, -0.2) is 34.3 Å². The average Bonchev–Trinajstić information content (AvgIpc) is 3.19. The van der Waals surface area contributed by atoms with Gasteiger partial charge >= 0.3 is 0 Å². The monoisotopic (exact) mass is 428 g/mol. The van der Waals surface area contributed by atoms with Crippen molar-refractivity contribution >= 4 is 16.8 Å². The highest BCUT2D eigenvalue weighted by molar-refractivity contribution is 6.07. The van der Waals surface area contributed by atoms with E-state index in [1.807, 2.05) is 67.1 Å². The van der Waals surface area contributed by atoms with Crippen molar-refractivity contribution in [1.29, 1.82) is 0 Å². The van der Waals surface area contributed by atoms with Gasteiger partial charge in [-0.1, -0.05) is 25.0 Å². The van der Waals surface area contributed by atoms with Gasteiger partial charge in [0.15, 0.2) is 0 Å². The zero-order valence-corrected chi connectivity index (χ0v) is 19.0. The molecule has 4 rings (SSSR count). The van der Waals surface area contributed by atoms with Gasteiger partial charge in [-0.15, -0.1) is 0 Å². The number of aromatic nitrogens is 3. The van der Waals surface area contributed by atoms with Gasteiger partial charge in [0.2, 0.25) is 0 Å². The molecule has 32 heavy (non-hydrogen) atoms. The smallest absolute Gasteiger partial charge is 0.252 e. The summed E-state index contributed by atoms with van der Waals surface area (Å²) in [5.41, 5.74) is 6.05. The number of carbonyl (C=O) groups is 1. The fraction of sp³-hybridized carbons (Fsp3) is 0.269. The third-order valence-corrected chi connectivity index (χ3v) is 5.63. The van der Waals surface area contributed by atoms with E-state index in [1.165, 1.54) is 0 Å². The van der Waals surface area contributed by atoms with E-state index >= 15 is 0 Å². The standard InChI is InChI=1S/C26H28N4O2/c1-5-6-13-27-26(31)22-15-25(29-24-12-7-17(2)14-21(22)24)23-16-28-30(18(23)3)19-8-10-20(32-4)11-9-19/h7-12,14-16H,5-6,13H2,1-4H3,(H,27,31). The van der Waals surface area contributed by atoms with Crippen molar-refractivity contribution in [2.75, 3.05) is 13.7 Å². The molecule has 6 heteroatoms. The largest absolute Gasteiger partial charge is 0.497 e. The quantitative estimate of drug-likeness (QED) is 0.409. The first-order valence-electron chi connectivity index (χ1n) is 10.9. The number of carbonyl (C=O) groups excluding carboxylic acids is 1. The Morgan fingerprint density at radius 3 is 2.59 bits per heavy atom. The van der Waals surface area contributed by atoms with Crippen molar-refractivity contribution in [3.05, 3.63) is 71.5 Å². The average molecular weight is 429 g/mol. The van der Waals surface area contributed by atoms with E-state index in [1.54, 1.807) is 13.3 Å². The predicted octanol–water partition coefficient (Wildman–Crippen LogP) is 5.24. The number of pyridine rings is 1. The van der Waals surface area contributed by atoms with E-state index in [-0.39, 0.29) is 5.91 Å². The molecule has 0 unspecified atom stereocenters. The highest BCUT2D eigenvalue weighted by atomic mass is 16.5. The lowest BCUT2D eigenvalue weighted by molar-refractivity contribution is 0.0955. The molecule has 1 N–H and O–H groups in total. The summed E-state index contributed by atoms with van der Waals surface area (Å²) in [4.78, 5) is 17.9. The van der Waals surface area contributed by atoms with Crippen molar-refractivity contribution < 1.29 is 9.53 Å². The molecule has 0 saturated carbocycles. The second-order valence-corrected chi connectivity index (χ2v) is 7.94. The van der Waals surface area contributed by atoms with E-state index in [0.717, 1.165) is 57.7 Å². The lowest BCUT2D eigenvalue weighted by Crippen LogP contribution is -2.24. The topological polar surface area (TPSA) is 69.0 Å². The van der Waals surface area contributed by atoms with Crippen LogP contribution in [0.4, 0.5) is 0 Å². The third-order valence-electron chi connectivity index (χ3n) is 5.63. The molecule has 0 atom stereocenters. The van der Waals surface area contributed by atoms with Crippen LogP contribution in [0.15, 0.2) is 54.7 Å². The number of amides is 1. The van der Waals surface area contributed by atoms with Crippen LogP contribution in [0.5, 0.6) is 5.75 Å². The van der Waals surface area contributed by atoms with Crippen molar-refractivity contribution in [3.8, 4) is 22.7 Å². The molecular formula is C26H28N4O2. The molecule has 0 aliphatic carbocycles.